The third kappa shape index (κ3) is 2.00. The van der Waals surface area contributed by atoms with E-state index in [-0.39, 0.29) is 18.6 Å². The van der Waals surface area contributed by atoms with E-state index in [2.05, 4.69) is 11.9 Å². The van der Waals surface area contributed by atoms with Crippen LogP contribution in [0.3, 0.4) is 0 Å². The van der Waals surface area contributed by atoms with Gasteiger partial charge in [-0.1, -0.05) is 0 Å². The van der Waals surface area contributed by atoms with Gasteiger partial charge < -0.3 is 15.0 Å². The first-order valence-corrected chi connectivity index (χ1v) is 7.12. The molecule has 1 saturated heterocycles. The number of aromatic amines is 1. The monoisotopic (exact) mass is 272 g/mol. The van der Waals surface area contributed by atoms with Gasteiger partial charge in [-0.3, -0.25) is 4.79 Å². The van der Waals surface area contributed by atoms with Gasteiger partial charge in [-0.15, -0.1) is 0 Å². The molecule has 2 heterocycles. The van der Waals surface area contributed by atoms with Gasteiger partial charge in [0.05, 0.1) is 12.6 Å². The molecule has 4 heteroatoms. The van der Waals surface area contributed by atoms with E-state index in [4.69, 9.17) is 0 Å². The lowest BCUT2D eigenvalue weighted by Gasteiger charge is -2.23. The van der Waals surface area contributed by atoms with Crippen molar-refractivity contribution in [2.24, 2.45) is 0 Å². The van der Waals surface area contributed by atoms with Crippen LogP contribution in [0.4, 0.5) is 0 Å². The molecule has 1 amide bonds. The molecule has 106 valence electrons. The average molecular weight is 272 g/mol. The molecule has 0 bridgehead atoms. The van der Waals surface area contributed by atoms with Gasteiger partial charge in [0.1, 0.15) is 0 Å². The number of aromatic nitrogens is 1. The minimum Gasteiger partial charge on any atom is -0.394 e. The number of hydrogen-bond acceptors (Lipinski definition) is 2. The molecule has 1 aliphatic heterocycles. The Labute approximate surface area is 118 Å². The molecule has 1 fully saturated rings. The summed E-state index contributed by atoms with van der Waals surface area (Å²) >= 11 is 0. The summed E-state index contributed by atoms with van der Waals surface area (Å²) in [7, 11) is 0. The lowest BCUT2D eigenvalue weighted by molar-refractivity contribution is 0.0678. The van der Waals surface area contributed by atoms with Crippen molar-refractivity contribution in [1.82, 2.24) is 9.88 Å². The van der Waals surface area contributed by atoms with Crippen molar-refractivity contribution in [3.05, 3.63) is 35.0 Å². The molecule has 1 atom stereocenters. The van der Waals surface area contributed by atoms with E-state index in [1.807, 2.05) is 25.1 Å². The largest absolute Gasteiger partial charge is 0.394 e. The number of rotatable bonds is 2. The highest BCUT2D eigenvalue weighted by molar-refractivity contribution is 5.99. The number of fused-ring (bicyclic) bond motifs is 1. The van der Waals surface area contributed by atoms with Gasteiger partial charge in [0.15, 0.2) is 0 Å². The SMILES string of the molecule is Cc1[nH]c2ccc(C(=O)N3CCC[C@H]3CO)cc2c1C. The molecule has 0 unspecified atom stereocenters. The van der Waals surface area contributed by atoms with Crippen LogP contribution in [-0.2, 0) is 0 Å². The summed E-state index contributed by atoms with van der Waals surface area (Å²) in [5.74, 6) is 0.0294. The molecule has 3 rings (SSSR count). The lowest BCUT2D eigenvalue weighted by atomic mass is 10.1. The van der Waals surface area contributed by atoms with E-state index in [0.29, 0.717) is 5.56 Å². The van der Waals surface area contributed by atoms with Gasteiger partial charge in [0, 0.05) is 28.7 Å². The zero-order valence-electron chi connectivity index (χ0n) is 11.9. The molecule has 0 saturated carbocycles. The Bertz CT molecular complexity index is 660. The molecule has 0 aliphatic carbocycles. The highest BCUT2D eigenvalue weighted by Crippen LogP contribution is 2.25. The van der Waals surface area contributed by atoms with E-state index < -0.39 is 0 Å². The summed E-state index contributed by atoms with van der Waals surface area (Å²) in [4.78, 5) is 17.7. The van der Waals surface area contributed by atoms with Crippen LogP contribution in [0.25, 0.3) is 10.9 Å². The minimum atomic E-state index is -0.0211. The van der Waals surface area contributed by atoms with Gasteiger partial charge in [0.25, 0.3) is 5.91 Å². The fourth-order valence-corrected chi connectivity index (χ4v) is 3.05. The predicted octanol–water partition coefficient (Wildman–Crippen LogP) is 2.38. The molecule has 0 spiro atoms. The quantitative estimate of drug-likeness (QED) is 0.882. The second-order valence-corrected chi connectivity index (χ2v) is 5.61. The second kappa shape index (κ2) is 4.94. The van der Waals surface area contributed by atoms with Crippen molar-refractivity contribution >= 4 is 16.8 Å². The van der Waals surface area contributed by atoms with Crippen LogP contribution in [0.2, 0.25) is 0 Å². The zero-order valence-corrected chi connectivity index (χ0v) is 11.9. The van der Waals surface area contributed by atoms with Gasteiger partial charge in [0.2, 0.25) is 0 Å². The Balaban J connectivity index is 1.97. The van der Waals surface area contributed by atoms with E-state index in [1.165, 1.54) is 5.56 Å². The number of likely N-dealkylation sites (tertiary alicyclic amines) is 1. The topological polar surface area (TPSA) is 56.3 Å². The first-order valence-electron chi connectivity index (χ1n) is 7.12. The normalized spacial score (nSPS) is 18.9. The molecular weight excluding hydrogens is 252 g/mol. The fourth-order valence-electron chi connectivity index (χ4n) is 3.05. The van der Waals surface area contributed by atoms with Gasteiger partial charge in [-0.2, -0.15) is 0 Å². The number of amides is 1. The Hall–Kier alpha value is -1.81. The third-order valence-corrected chi connectivity index (χ3v) is 4.40. The number of carbonyl (C=O) groups is 1. The van der Waals surface area contributed by atoms with Crippen molar-refractivity contribution in [3.8, 4) is 0 Å². The van der Waals surface area contributed by atoms with Crippen molar-refractivity contribution in [1.29, 1.82) is 0 Å². The van der Waals surface area contributed by atoms with Gasteiger partial charge in [-0.05, 0) is 50.5 Å². The Morgan fingerprint density at radius 2 is 2.25 bits per heavy atom. The van der Waals surface area contributed by atoms with Gasteiger partial charge in [-0.25, -0.2) is 0 Å². The van der Waals surface area contributed by atoms with E-state index >= 15 is 0 Å². The highest BCUT2D eigenvalue weighted by atomic mass is 16.3. The maximum Gasteiger partial charge on any atom is 0.254 e. The zero-order chi connectivity index (χ0) is 14.3. The molecular formula is C16H20N2O2. The molecule has 2 N–H and O–H groups in total. The predicted molar refractivity (Wildman–Crippen MR) is 78.9 cm³/mol. The van der Waals surface area contributed by atoms with Crippen molar-refractivity contribution < 1.29 is 9.90 Å². The van der Waals surface area contributed by atoms with E-state index in [1.54, 1.807) is 4.90 Å². The van der Waals surface area contributed by atoms with Crippen LogP contribution < -0.4 is 0 Å². The minimum absolute atomic E-state index is 0.0211. The first kappa shape index (κ1) is 13.2. The van der Waals surface area contributed by atoms with E-state index in [0.717, 1.165) is 36.0 Å². The number of aliphatic hydroxyl groups excluding tert-OH is 1. The maximum atomic E-state index is 12.6. The van der Waals surface area contributed by atoms with Crippen LogP contribution in [0.1, 0.15) is 34.5 Å². The van der Waals surface area contributed by atoms with Crippen molar-refractivity contribution in [2.45, 2.75) is 32.7 Å². The highest BCUT2D eigenvalue weighted by Gasteiger charge is 2.28. The Morgan fingerprint density at radius 3 is 3.00 bits per heavy atom. The summed E-state index contributed by atoms with van der Waals surface area (Å²) in [5.41, 5.74) is 4.10. The first-order chi connectivity index (χ1) is 9.61. The number of carbonyl (C=O) groups excluding carboxylic acids is 1. The van der Waals surface area contributed by atoms with E-state index in [9.17, 15) is 9.90 Å². The molecule has 0 radical (unpaired) electrons. The van der Waals surface area contributed by atoms with Crippen molar-refractivity contribution in [3.63, 3.8) is 0 Å². The number of nitrogens with one attached hydrogen (secondary N) is 1. The van der Waals surface area contributed by atoms with Crippen LogP contribution in [-0.4, -0.2) is 40.1 Å². The number of hydrogen-bond donors (Lipinski definition) is 2. The smallest absolute Gasteiger partial charge is 0.254 e. The molecule has 4 nitrogen and oxygen atoms in total. The van der Waals surface area contributed by atoms with Crippen LogP contribution in [0.15, 0.2) is 18.2 Å². The molecule has 1 aromatic carbocycles. The number of H-pyrrole nitrogens is 1. The van der Waals surface area contributed by atoms with Gasteiger partial charge >= 0.3 is 0 Å². The maximum absolute atomic E-state index is 12.6. The lowest BCUT2D eigenvalue weighted by Crippen LogP contribution is -2.37. The number of aryl methyl sites for hydroxylation is 2. The van der Waals surface area contributed by atoms with Crippen molar-refractivity contribution in [2.75, 3.05) is 13.2 Å². The fraction of sp³-hybridized carbons (Fsp3) is 0.438. The number of benzene rings is 1. The third-order valence-electron chi connectivity index (χ3n) is 4.40. The molecule has 1 aliphatic rings. The summed E-state index contributed by atoms with van der Waals surface area (Å²) in [6.07, 6.45) is 1.87. The summed E-state index contributed by atoms with van der Waals surface area (Å²) in [6.45, 7) is 4.90. The standard InChI is InChI=1S/C16H20N2O2/c1-10-11(2)17-15-6-5-12(8-14(10)15)16(20)18-7-3-4-13(18)9-19/h5-6,8,13,17,19H,3-4,7,9H2,1-2H3/t13-/m0/s1. The summed E-state index contributed by atoms with van der Waals surface area (Å²) < 4.78 is 0. The number of nitrogens with zero attached hydrogens (tertiary/aromatic N) is 1. The van der Waals surface area contributed by atoms with Crippen LogP contribution >= 0.6 is 0 Å². The second-order valence-electron chi connectivity index (χ2n) is 5.61. The summed E-state index contributed by atoms with van der Waals surface area (Å²) in [6, 6.07) is 5.77. The average Bonchev–Trinajstić information content (AvgIpc) is 3.04. The van der Waals surface area contributed by atoms with Crippen LogP contribution in [0.5, 0.6) is 0 Å². The number of aliphatic hydroxyl groups is 1. The molecule has 1 aromatic heterocycles. The molecule has 2 aromatic rings. The summed E-state index contributed by atoms with van der Waals surface area (Å²) in [5, 5.41) is 10.5. The Morgan fingerprint density at radius 1 is 1.45 bits per heavy atom. The Kier molecular flexibility index (Phi) is 3.26. The molecule has 20 heavy (non-hydrogen) atoms. The van der Waals surface area contributed by atoms with Crippen LogP contribution in [0, 0.1) is 13.8 Å².